The van der Waals surface area contributed by atoms with E-state index >= 15 is 0 Å². The van der Waals surface area contributed by atoms with Crippen molar-refractivity contribution < 1.29 is 0 Å². The molecule has 90 valence electrons. The quantitative estimate of drug-likeness (QED) is 0.637. The van der Waals surface area contributed by atoms with Crippen molar-refractivity contribution in [2.75, 3.05) is 18.1 Å². The van der Waals surface area contributed by atoms with E-state index < -0.39 is 0 Å². The summed E-state index contributed by atoms with van der Waals surface area (Å²) in [6.45, 7) is 5.74. The molecule has 0 spiro atoms. The summed E-state index contributed by atoms with van der Waals surface area (Å²) < 4.78 is 0. The van der Waals surface area contributed by atoms with Crippen LogP contribution in [0.25, 0.3) is 0 Å². The lowest BCUT2D eigenvalue weighted by atomic mass is 10.00. The van der Waals surface area contributed by atoms with E-state index in [0.29, 0.717) is 0 Å². The second-order valence-electron chi connectivity index (χ2n) is 4.68. The minimum atomic E-state index is 0.795. The van der Waals surface area contributed by atoms with Crippen LogP contribution in [0.15, 0.2) is 0 Å². The average molecular weight is 229 g/mol. The van der Waals surface area contributed by atoms with Crippen LogP contribution in [0.4, 0.5) is 0 Å². The normalized spacial score (nSPS) is 19.6. The van der Waals surface area contributed by atoms with Crippen molar-refractivity contribution in [1.82, 2.24) is 5.32 Å². The Morgan fingerprint density at radius 3 is 2.53 bits per heavy atom. The minimum absolute atomic E-state index is 0.795. The van der Waals surface area contributed by atoms with Gasteiger partial charge in [-0.2, -0.15) is 11.8 Å². The van der Waals surface area contributed by atoms with Gasteiger partial charge in [-0.15, -0.1) is 0 Å². The van der Waals surface area contributed by atoms with Gasteiger partial charge < -0.3 is 5.32 Å². The van der Waals surface area contributed by atoms with E-state index in [9.17, 15) is 0 Å². The summed E-state index contributed by atoms with van der Waals surface area (Å²) in [5.41, 5.74) is 0. The molecular formula is C13H27NS. The molecule has 0 saturated heterocycles. The van der Waals surface area contributed by atoms with Gasteiger partial charge in [0.05, 0.1) is 0 Å². The summed E-state index contributed by atoms with van der Waals surface area (Å²) in [7, 11) is 0. The Bertz CT molecular complexity index is 143. The van der Waals surface area contributed by atoms with Crippen LogP contribution < -0.4 is 5.32 Å². The fourth-order valence-corrected chi connectivity index (χ4v) is 3.51. The van der Waals surface area contributed by atoms with Crippen molar-refractivity contribution in [1.29, 1.82) is 0 Å². The molecule has 1 unspecified atom stereocenters. The standard InChI is InChI=1S/C13H27NS/c1-3-9-14-13(11-15-10-4-2)12-7-5-6-8-12/h12-14H,3-11H2,1-2H3. The number of rotatable bonds is 8. The minimum Gasteiger partial charge on any atom is -0.313 e. The first-order valence-corrected chi connectivity index (χ1v) is 7.85. The highest BCUT2D eigenvalue weighted by molar-refractivity contribution is 7.99. The summed E-state index contributed by atoms with van der Waals surface area (Å²) in [6.07, 6.45) is 8.44. The lowest BCUT2D eigenvalue weighted by Gasteiger charge is -2.24. The van der Waals surface area contributed by atoms with Gasteiger partial charge in [-0.3, -0.25) is 0 Å². The van der Waals surface area contributed by atoms with Crippen molar-refractivity contribution in [3.63, 3.8) is 0 Å². The molecule has 1 rings (SSSR count). The summed E-state index contributed by atoms with van der Waals surface area (Å²) in [6, 6.07) is 0.795. The molecule has 0 bridgehead atoms. The first-order chi connectivity index (χ1) is 7.38. The molecule has 0 amide bonds. The van der Waals surface area contributed by atoms with Gasteiger partial charge in [-0.05, 0) is 43.9 Å². The molecule has 1 atom stereocenters. The van der Waals surface area contributed by atoms with E-state index in [1.54, 1.807) is 0 Å². The maximum atomic E-state index is 3.75. The smallest absolute Gasteiger partial charge is 0.0186 e. The van der Waals surface area contributed by atoms with Crippen LogP contribution in [-0.4, -0.2) is 24.1 Å². The fraction of sp³-hybridized carbons (Fsp3) is 1.00. The molecule has 1 aliphatic carbocycles. The Labute approximate surface area is 99.8 Å². The molecule has 1 aliphatic rings. The largest absolute Gasteiger partial charge is 0.313 e. The summed E-state index contributed by atoms with van der Waals surface area (Å²) in [5.74, 6) is 3.64. The van der Waals surface area contributed by atoms with Crippen LogP contribution in [-0.2, 0) is 0 Å². The number of hydrogen-bond acceptors (Lipinski definition) is 2. The average Bonchev–Trinajstić information content (AvgIpc) is 2.76. The molecule has 0 aromatic heterocycles. The Hall–Kier alpha value is 0.310. The molecular weight excluding hydrogens is 202 g/mol. The molecule has 1 fully saturated rings. The van der Waals surface area contributed by atoms with Crippen molar-refractivity contribution in [3.05, 3.63) is 0 Å². The highest BCUT2D eigenvalue weighted by Crippen LogP contribution is 2.29. The van der Waals surface area contributed by atoms with Crippen LogP contribution >= 0.6 is 11.8 Å². The molecule has 0 aromatic rings. The van der Waals surface area contributed by atoms with Gasteiger partial charge >= 0.3 is 0 Å². The highest BCUT2D eigenvalue weighted by Gasteiger charge is 2.23. The van der Waals surface area contributed by atoms with E-state index in [1.807, 2.05) is 0 Å². The maximum Gasteiger partial charge on any atom is 0.0186 e. The van der Waals surface area contributed by atoms with Gasteiger partial charge in [0.1, 0.15) is 0 Å². The van der Waals surface area contributed by atoms with Crippen LogP contribution in [0.5, 0.6) is 0 Å². The Morgan fingerprint density at radius 1 is 1.20 bits per heavy atom. The molecule has 2 heteroatoms. The van der Waals surface area contributed by atoms with Crippen molar-refractivity contribution in [2.24, 2.45) is 5.92 Å². The Morgan fingerprint density at radius 2 is 1.93 bits per heavy atom. The van der Waals surface area contributed by atoms with E-state index in [1.165, 1.54) is 56.6 Å². The highest BCUT2D eigenvalue weighted by atomic mass is 32.2. The van der Waals surface area contributed by atoms with E-state index in [4.69, 9.17) is 0 Å². The van der Waals surface area contributed by atoms with Crippen LogP contribution in [0, 0.1) is 5.92 Å². The van der Waals surface area contributed by atoms with Gasteiger partial charge in [0.25, 0.3) is 0 Å². The number of hydrogen-bond donors (Lipinski definition) is 1. The number of nitrogens with one attached hydrogen (secondary N) is 1. The third kappa shape index (κ3) is 5.26. The van der Waals surface area contributed by atoms with E-state index in [0.717, 1.165) is 12.0 Å². The van der Waals surface area contributed by atoms with Crippen LogP contribution in [0.2, 0.25) is 0 Å². The monoisotopic (exact) mass is 229 g/mol. The first kappa shape index (κ1) is 13.4. The van der Waals surface area contributed by atoms with Crippen molar-refractivity contribution >= 4 is 11.8 Å². The third-order valence-corrected chi connectivity index (χ3v) is 4.56. The van der Waals surface area contributed by atoms with Crippen LogP contribution in [0.1, 0.15) is 52.4 Å². The van der Waals surface area contributed by atoms with Gasteiger partial charge in [0.2, 0.25) is 0 Å². The molecule has 0 heterocycles. The molecule has 0 radical (unpaired) electrons. The number of thioether (sulfide) groups is 1. The van der Waals surface area contributed by atoms with Gasteiger partial charge in [0, 0.05) is 11.8 Å². The van der Waals surface area contributed by atoms with Crippen molar-refractivity contribution in [2.45, 2.75) is 58.4 Å². The molecule has 1 saturated carbocycles. The molecule has 0 aromatic carbocycles. The zero-order chi connectivity index (χ0) is 10.9. The topological polar surface area (TPSA) is 12.0 Å². The second-order valence-corrected chi connectivity index (χ2v) is 5.83. The predicted octanol–water partition coefficient (Wildman–Crippen LogP) is 3.69. The van der Waals surface area contributed by atoms with E-state index in [-0.39, 0.29) is 0 Å². The predicted molar refractivity (Wildman–Crippen MR) is 71.7 cm³/mol. The summed E-state index contributed by atoms with van der Waals surface area (Å²) in [5, 5.41) is 3.75. The van der Waals surface area contributed by atoms with E-state index in [2.05, 4.69) is 30.9 Å². The summed E-state index contributed by atoms with van der Waals surface area (Å²) >= 11 is 2.14. The van der Waals surface area contributed by atoms with Gasteiger partial charge in [-0.1, -0.05) is 26.7 Å². The maximum absolute atomic E-state index is 3.75. The van der Waals surface area contributed by atoms with Gasteiger partial charge in [-0.25, -0.2) is 0 Å². The molecule has 0 aliphatic heterocycles. The first-order valence-electron chi connectivity index (χ1n) is 6.69. The molecule has 1 N–H and O–H groups in total. The Kier molecular flexibility index (Phi) is 7.54. The zero-order valence-corrected chi connectivity index (χ0v) is 11.2. The lowest BCUT2D eigenvalue weighted by Crippen LogP contribution is -2.37. The fourth-order valence-electron chi connectivity index (χ4n) is 2.41. The lowest BCUT2D eigenvalue weighted by molar-refractivity contribution is 0.388. The second kappa shape index (κ2) is 8.46. The van der Waals surface area contributed by atoms with Crippen LogP contribution in [0.3, 0.4) is 0 Å². The molecule has 1 nitrogen and oxygen atoms in total. The zero-order valence-electron chi connectivity index (χ0n) is 10.4. The molecule has 15 heavy (non-hydrogen) atoms. The Balaban J connectivity index is 2.23. The third-order valence-electron chi connectivity index (χ3n) is 3.27. The van der Waals surface area contributed by atoms with Crippen molar-refractivity contribution in [3.8, 4) is 0 Å². The van der Waals surface area contributed by atoms with Gasteiger partial charge in [0.15, 0.2) is 0 Å². The SMILES string of the molecule is CCCNC(CSCCC)C1CCCC1. The summed E-state index contributed by atoms with van der Waals surface area (Å²) in [4.78, 5) is 0.